The molecule has 2 rings (SSSR count). The number of unbranched alkanes of at least 4 members (excludes halogenated alkanes) is 3. The highest BCUT2D eigenvalue weighted by Crippen LogP contribution is 2.12. The molecular weight excluding hydrogens is 320 g/mol. The van der Waals surface area contributed by atoms with Crippen LogP contribution in [0.2, 0.25) is 0 Å². The van der Waals surface area contributed by atoms with Gasteiger partial charge >= 0.3 is 0 Å². The smallest absolute Gasteiger partial charge is 0.257 e. The summed E-state index contributed by atoms with van der Waals surface area (Å²) in [6.07, 6.45) is 9.17. The molecule has 0 fully saturated rings. The van der Waals surface area contributed by atoms with Crippen LogP contribution in [0.25, 0.3) is 0 Å². The van der Waals surface area contributed by atoms with E-state index in [2.05, 4.69) is 12.2 Å². The minimum Gasteiger partial charge on any atom is -0.472 e. The maximum atomic E-state index is 12.6. The second-order valence-electron chi connectivity index (χ2n) is 5.98. The van der Waals surface area contributed by atoms with E-state index in [1.54, 1.807) is 23.3 Å². The number of amides is 2. The Kier molecular flexibility index (Phi) is 7.82. The predicted molar refractivity (Wildman–Crippen MR) is 93.9 cm³/mol. The molecule has 0 saturated heterocycles. The minimum absolute atomic E-state index is 0.0408. The number of nitrogens with zero attached hydrogens (tertiary/aromatic N) is 1. The fourth-order valence-corrected chi connectivity index (χ4v) is 2.52. The van der Waals surface area contributed by atoms with Gasteiger partial charge < -0.3 is 19.1 Å². The molecule has 2 amide bonds. The van der Waals surface area contributed by atoms with Gasteiger partial charge in [-0.3, -0.25) is 9.59 Å². The number of nitrogens with one attached hydrogen (secondary N) is 1. The lowest BCUT2D eigenvalue weighted by molar-refractivity contribution is -0.121. The molecule has 0 radical (unpaired) electrons. The third-order valence-corrected chi connectivity index (χ3v) is 3.94. The van der Waals surface area contributed by atoms with E-state index >= 15 is 0 Å². The molecule has 136 valence electrons. The number of carbonyl (C=O) groups excluding carboxylic acids is 2. The number of hydrogen-bond donors (Lipinski definition) is 1. The standard InChI is InChI=1S/C19H26N2O4/c1-2-3-4-5-10-20-18(22)8-11-21(14-17-7-6-12-25-17)19(23)16-9-13-24-15-16/h6-7,9,12-13,15H,2-5,8,10-11,14H2,1H3,(H,20,22). The van der Waals surface area contributed by atoms with Gasteiger partial charge in [-0.2, -0.15) is 0 Å². The van der Waals surface area contributed by atoms with Crippen LogP contribution < -0.4 is 5.32 Å². The van der Waals surface area contributed by atoms with E-state index in [0.717, 1.165) is 12.8 Å². The van der Waals surface area contributed by atoms with Gasteiger partial charge in [0.15, 0.2) is 0 Å². The van der Waals surface area contributed by atoms with Crippen LogP contribution in [0.3, 0.4) is 0 Å². The summed E-state index contributed by atoms with van der Waals surface area (Å²) >= 11 is 0. The first-order valence-corrected chi connectivity index (χ1v) is 8.81. The molecule has 25 heavy (non-hydrogen) atoms. The molecule has 0 aromatic carbocycles. The Morgan fingerprint density at radius 1 is 1.16 bits per heavy atom. The van der Waals surface area contributed by atoms with E-state index in [1.807, 2.05) is 6.07 Å². The molecule has 2 aromatic heterocycles. The Hall–Kier alpha value is -2.50. The van der Waals surface area contributed by atoms with Gasteiger partial charge in [-0.1, -0.05) is 26.2 Å². The van der Waals surface area contributed by atoms with Crippen molar-refractivity contribution >= 4 is 11.8 Å². The summed E-state index contributed by atoms with van der Waals surface area (Å²) in [5.41, 5.74) is 0.464. The van der Waals surface area contributed by atoms with Gasteiger partial charge in [0.2, 0.25) is 5.91 Å². The fraction of sp³-hybridized carbons (Fsp3) is 0.474. The molecule has 0 aliphatic rings. The van der Waals surface area contributed by atoms with Crippen LogP contribution in [-0.4, -0.2) is 29.8 Å². The van der Waals surface area contributed by atoms with Crippen LogP contribution in [0, 0.1) is 0 Å². The highest BCUT2D eigenvalue weighted by atomic mass is 16.3. The number of rotatable bonds is 11. The van der Waals surface area contributed by atoms with Crippen molar-refractivity contribution in [1.29, 1.82) is 0 Å². The van der Waals surface area contributed by atoms with E-state index in [9.17, 15) is 9.59 Å². The highest BCUT2D eigenvalue weighted by molar-refractivity contribution is 5.94. The molecule has 6 nitrogen and oxygen atoms in total. The third-order valence-electron chi connectivity index (χ3n) is 3.94. The van der Waals surface area contributed by atoms with Crippen LogP contribution in [0.15, 0.2) is 45.8 Å². The summed E-state index contributed by atoms with van der Waals surface area (Å²) in [6.45, 7) is 3.49. The average Bonchev–Trinajstić information content (AvgIpc) is 3.31. The van der Waals surface area contributed by atoms with Gasteiger partial charge in [-0.25, -0.2) is 0 Å². The first-order valence-electron chi connectivity index (χ1n) is 8.81. The lowest BCUT2D eigenvalue weighted by Crippen LogP contribution is -2.35. The SMILES string of the molecule is CCCCCCNC(=O)CCN(Cc1ccco1)C(=O)c1ccoc1. The summed E-state index contributed by atoms with van der Waals surface area (Å²) in [5, 5.41) is 2.91. The maximum absolute atomic E-state index is 12.6. The van der Waals surface area contributed by atoms with E-state index in [4.69, 9.17) is 8.83 Å². The van der Waals surface area contributed by atoms with Gasteiger partial charge in [0, 0.05) is 19.5 Å². The molecule has 0 aliphatic carbocycles. The molecule has 0 atom stereocenters. The van der Waals surface area contributed by atoms with E-state index < -0.39 is 0 Å². The summed E-state index contributed by atoms with van der Waals surface area (Å²) < 4.78 is 10.3. The zero-order valence-electron chi connectivity index (χ0n) is 14.7. The van der Waals surface area contributed by atoms with Crippen molar-refractivity contribution in [3.63, 3.8) is 0 Å². The van der Waals surface area contributed by atoms with Gasteiger partial charge in [-0.05, 0) is 24.6 Å². The molecule has 0 unspecified atom stereocenters. The van der Waals surface area contributed by atoms with Crippen molar-refractivity contribution in [2.24, 2.45) is 0 Å². The van der Waals surface area contributed by atoms with Crippen LogP contribution >= 0.6 is 0 Å². The summed E-state index contributed by atoms with van der Waals surface area (Å²) in [7, 11) is 0. The van der Waals surface area contributed by atoms with Crippen molar-refractivity contribution < 1.29 is 18.4 Å². The third kappa shape index (κ3) is 6.49. The minimum atomic E-state index is -0.180. The lowest BCUT2D eigenvalue weighted by atomic mass is 10.2. The molecular formula is C19H26N2O4. The Labute approximate surface area is 148 Å². The molecule has 1 N–H and O–H groups in total. The quantitative estimate of drug-likeness (QED) is 0.631. The first-order chi connectivity index (χ1) is 12.2. The topological polar surface area (TPSA) is 75.7 Å². The molecule has 0 saturated carbocycles. The molecule has 0 aliphatic heterocycles. The van der Waals surface area contributed by atoms with Crippen molar-refractivity contribution in [1.82, 2.24) is 10.2 Å². The Bertz CT molecular complexity index is 620. The van der Waals surface area contributed by atoms with E-state index in [0.29, 0.717) is 31.0 Å². The van der Waals surface area contributed by atoms with Crippen molar-refractivity contribution in [3.05, 3.63) is 48.3 Å². The highest BCUT2D eigenvalue weighted by Gasteiger charge is 2.19. The first kappa shape index (κ1) is 18.8. The van der Waals surface area contributed by atoms with Crippen molar-refractivity contribution in [2.75, 3.05) is 13.1 Å². The second-order valence-corrected chi connectivity index (χ2v) is 5.98. The van der Waals surface area contributed by atoms with E-state index in [1.165, 1.54) is 25.4 Å². The summed E-state index contributed by atoms with van der Waals surface area (Å²) in [4.78, 5) is 26.2. The Morgan fingerprint density at radius 2 is 2.04 bits per heavy atom. The second kappa shape index (κ2) is 10.4. The van der Waals surface area contributed by atoms with Crippen LogP contribution in [0.1, 0.15) is 55.1 Å². The fourth-order valence-electron chi connectivity index (χ4n) is 2.52. The number of furan rings is 2. The Morgan fingerprint density at radius 3 is 2.72 bits per heavy atom. The number of hydrogen-bond acceptors (Lipinski definition) is 4. The van der Waals surface area contributed by atoms with Crippen LogP contribution in [-0.2, 0) is 11.3 Å². The van der Waals surface area contributed by atoms with Crippen molar-refractivity contribution in [2.45, 2.75) is 45.6 Å². The summed E-state index contributed by atoms with van der Waals surface area (Å²) in [5.74, 6) is 0.457. The normalized spacial score (nSPS) is 10.6. The predicted octanol–water partition coefficient (Wildman–Crippen LogP) is 3.60. The number of carbonyl (C=O) groups is 2. The zero-order valence-corrected chi connectivity index (χ0v) is 14.7. The monoisotopic (exact) mass is 346 g/mol. The molecule has 2 aromatic rings. The van der Waals surface area contributed by atoms with Crippen molar-refractivity contribution in [3.8, 4) is 0 Å². The maximum Gasteiger partial charge on any atom is 0.257 e. The Balaban J connectivity index is 1.83. The van der Waals surface area contributed by atoms with Crippen LogP contribution in [0.4, 0.5) is 0 Å². The van der Waals surface area contributed by atoms with Gasteiger partial charge in [0.25, 0.3) is 5.91 Å². The average molecular weight is 346 g/mol. The molecule has 0 spiro atoms. The molecule has 6 heteroatoms. The van der Waals surface area contributed by atoms with Gasteiger partial charge in [-0.15, -0.1) is 0 Å². The van der Waals surface area contributed by atoms with Gasteiger partial charge in [0.05, 0.1) is 24.6 Å². The van der Waals surface area contributed by atoms with Gasteiger partial charge in [0.1, 0.15) is 12.0 Å². The molecule has 0 bridgehead atoms. The zero-order chi connectivity index (χ0) is 17.9. The lowest BCUT2D eigenvalue weighted by Gasteiger charge is -2.20. The van der Waals surface area contributed by atoms with Crippen LogP contribution in [0.5, 0.6) is 0 Å². The molecule has 2 heterocycles. The largest absolute Gasteiger partial charge is 0.472 e. The summed E-state index contributed by atoms with van der Waals surface area (Å²) in [6, 6.07) is 5.20. The van der Waals surface area contributed by atoms with E-state index in [-0.39, 0.29) is 18.2 Å².